The Morgan fingerprint density at radius 2 is 1.81 bits per heavy atom. The molecular formula is C25H23N3O3S. The lowest BCUT2D eigenvalue weighted by atomic mass is 10.2. The van der Waals surface area contributed by atoms with Crippen LogP contribution in [0.2, 0.25) is 0 Å². The average Bonchev–Trinajstić information content (AvgIpc) is 3.33. The van der Waals surface area contributed by atoms with Crippen LogP contribution in [0.3, 0.4) is 0 Å². The molecular weight excluding hydrogens is 422 g/mol. The van der Waals surface area contributed by atoms with Gasteiger partial charge in [-0.15, -0.1) is 11.3 Å². The van der Waals surface area contributed by atoms with Crippen LogP contribution in [-0.4, -0.2) is 25.4 Å². The first-order valence-corrected chi connectivity index (χ1v) is 10.9. The summed E-state index contributed by atoms with van der Waals surface area (Å²) in [4.78, 5) is 4.58. The molecule has 4 aromatic rings. The zero-order chi connectivity index (χ0) is 22.2. The smallest absolute Gasteiger partial charge is 0.203 e. The fourth-order valence-corrected chi connectivity index (χ4v) is 3.69. The molecule has 32 heavy (non-hydrogen) atoms. The van der Waals surface area contributed by atoms with Crippen molar-refractivity contribution in [3.05, 3.63) is 89.3 Å². The molecule has 1 heterocycles. The predicted octanol–water partition coefficient (Wildman–Crippen LogP) is 5.85. The fourth-order valence-electron chi connectivity index (χ4n) is 3.02. The maximum atomic E-state index is 5.90. The number of aromatic nitrogens is 1. The minimum atomic E-state index is 0.478. The van der Waals surface area contributed by atoms with Gasteiger partial charge in [0.1, 0.15) is 12.4 Å². The molecule has 162 valence electrons. The first-order chi connectivity index (χ1) is 15.7. The van der Waals surface area contributed by atoms with Crippen molar-refractivity contribution >= 4 is 22.7 Å². The van der Waals surface area contributed by atoms with Gasteiger partial charge in [-0.1, -0.05) is 42.5 Å². The van der Waals surface area contributed by atoms with Crippen LogP contribution in [0.25, 0.3) is 11.3 Å². The number of hydrazone groups is 1. The van der Waals surface area contributed by atoms with Gasteiger partial charge in [-0.2, -0.15) is 5.10 Å². The van der Waals surface area contributed by atoms with Crippen molar-refractivity contribution in [2.75, 3.05) is 19.6 Å². The molecule has 4 rings (SSSR count). The van der Waals surface area contributed by atoms with E-state index in [-0.39, 0.29) is 0 Å². The SMILES string of the molecule is COc1cccc(-c2csc(N/N=C\c3ccc(OCc4ccccc4)c(OC)c3)n2)c1. The Morgan fingerprint density at radius 1 is 0.938 bits per heavy atom. The summed E-state index contributed by atoms with van der Waals surface area (Å²) in [7, 11) is 3.28. The van der Waals surface area contributed by atoms with Crippen molar-refractivity contribution in [3.63, 3.8) is 0 Å². The van der Waals surface area contributed by atoms with Gasteiger partial charge in [0.15, 0.2) is 11.5 Å². The molecule has 0 unspecified atom stereocenters. The maximum absolute atomic E-state index is 5.90. The van der Waals surface area contributed by atoms with Crippen molar-refractivity contribution in [1.82, 2.24) is 4.98 Å². The highest BCUT2D eigenvalue weighted by molar-refractivity contribution is 7.14. The highest BCUT2D eigenvalue weighted by atomic mass is 32.1. The van der Waals surface area contributed by atoms with E-state index in [2.05, 4.69) is 15.5 Å². The number of rotatable bonds is 9. The van der Waals surface area contributed by atoms with Gasteiger partial charge in [0.2, 0.25) is 5.13 Å². The molecule has 0 saturated heterocycles. The Kier molecular flexibility index (Phi) is 6.99. The molecule has 0 fully saturated rings. The van der Waals surface area contributed by atoms with E-state index >= 15 is 0 Å². The Hall–Kier alpha value is -3.84. The van der Waals surface area contributed by atoms with Crippen LogP contribution < -0.4 is 19.6 Å². The van der Waals surface area contributed by atoms with E-state index in [9.17, 15) is 0 Å². The predicted molar refractivity (Wildman–Crippen MR) is 129 cm³/mol. The van der Waals surface area contributed by atoms with E-state index in [0.29, 0.717) is 23.2 Å². The Morgan fingerprint density at radius 3 is 2.62 bits per heavy atom. The van der Waals surface area contributed by atoms with Gasteiger partial charge in [-0.25, -0.2) is 4.98 Å². The molecule has 0 atom stereocenters. The highest BCUT2D eigenvalue weighted by Crippen LogP contribution is 2.29. The summed E-state index contributed by atoms with van der Waals surface area (Å²) in [5.74, 6) is 2.14. The second kappa shape index (κ2) is 10.5. The number of anilines is 1. The van der Waals surface area contributed by atoms with E-state index in [1.165, 1.54) is 11.3 Å². The summed E-state index contributed by atoms with van der Waals surface area (Å²) in [6.45, 7) is 0.478. The number of hydrogen-bond donors (Lipinski definition) is 1. The molecule has 0 saturated carbocycles. The summed E-state index contributed by atoms with van der Waals surface area (Å²) < 4.78 is 16.7. The summed E-state index contributed by atoms with van der Waals surface area (Å²) >= 11 is 1.49. The van der Waals surface area contributed by atoms with Gasteiger partial charge in [-0.3, -0.25) is 5.43 Å². The monoisotopic (exact) mass is 445 g/mol. The first-order valence-electron chi connectivity index (χ1n) is 9.99. The molecule has 1 N–H and O–H groups in total. The average molecular weight is 446 g/mol. The molecule has 7 heteroatoms. The van der Waals surface area contributed by atoms with E-state index in [1.54, 1.807) is 20.4 Å². The van der Waals surface area contributed by atoms with Crippen LogP contribution in [0.4, 0.5) is 5.13 Å². The quantitative estimate of drug-likeness (QED) is 0.258. The third-order valence-corrected chi connectivity index (χ3v) is 5.42. The molecule has 0 spiro atoms. The summed E-state index contributed by atoms with van der Waals surface area (Å²) in [5.41, 5.74) is 6.83. The largest absolute Gasteiger partial charge is 0.497 e. The van der Waals surface area contributed by atoms with E-state index in [0.717, 1.165) is 28.1 Å². The van der Waals surface area contributed by atoms with Crippen LogP contribution in [0.1, 0.15) is 11.1 Å². The van der Waals surface area contributed by atoms with Gasteiger partial charge in [0.25, 0.3) is 0 Å². The molecule has 0 bridgehead atoms. The van der Waals surface area contributed by atoms with Crippen molar-refractivity contribution in [2.45, 2.75) is 6.61 Å². The van der Waals surface area contributed by atoms with Crippen LogP contribution in [0.5, 0.6) is 17.2 Å². The van der Waals surface area contributed by atoms with Gasteiger partial charge >= 0.3 is 0 Å². The van der Waals surface area contributed by atoms with Crippen LogP contribution in [0.15, 0.2) is 83.3 Å². The summed E-state index contributed by atoms with van der Waals surface area (Å²) in [6, 6.07) is 23.5. The van der Waals surface area contributed by atoms with E-state index < -0.39 is 0 Å². The lowest BCUT2D eigenvalue weighted by molar-refractivity contribution is 0.284. The summed E-state index contributed by atoms with van der Waals surface area (Å²) in [6.07, 6.45) is 1.72. The van der Waals surface area contributed by atoms with E-state index in [4.69, 9.17) is 14.2 Å². The second-order valence-electron chi connectivity index (χ2n) is 6.82. The minimum Gasteiger partial charge on any atom is -0.497 e. The number of methoxy groups -OCH3 is 2. The molecule has 0 radical (unpaired) electrons. The lowest BCUT2D eigenvalue weighted by Gasteiger charge is -2.11. The first kappa shape index (κ1) is 21.4. The van der Waals surface area contributed by atoms with Gasteiger partial charge in [0, 0.05) is 10.9 Å². The Balaban J connectivity index is 1.38. The topological polar surface area (TPSA) is 65.0 Å². The molecule has 0 aliphatic carbocycles. The van der Waals surface area contributed by atoms with Crippen molar-refractivity contribution < 1.29 is 14.2 Å². The number of nitrogens with zero attached hydrogens (tertiary/aromatic N) is 2. The molecule has 3 aromatic carbocycles. The molecule has 0 aliphatic rings. The zero-order valence-corrected chi connectivity index (χ0v) is 18.6. The van der Waals surface area contributed by atoms with Gasteiger partial charge < -0.3 is 14.2 Å². The Bertz CT molecular complexity index is 1190. The molecule has 0 amide bonds. The number of benzene rings is 3. The number of thiazole rings is 1. The lowest BCUT2D eigenvalue weighted by Crippen LogP contribution is -1.98. The molecule has 6 nitrogen and oxygen atoms in total. The normalized spacial score (nSPS) is 10.8. The second-order valence-corrected chi connectivity index (χ2v) is 7.68. The fraction of sp³-hybridized carbons (Fsp3) is 0.120. The van der Waals surface area contributed by atoms with Crippen molar-refractivity contribution in [3.8, 4) is 28.5 Å². The zero-order valence-electron chi connectivity index (χ0n) is 17.8. The van der Waals surface area contributed by atoms with Crippen LogP contribution in [-0.2, 0) is 6.61 Å². The number of hydrogen-bond acceptors (Lipinski definition) is 7. The van der Waals surface area contributed by atoms with Gasteiger partial charge in [0.05, 0.1) is 26.1 Å². The Labute approximate surface area is 191 Å². The molecule has 1 aromatic heterocycles. The third-order valence-electron chi connectivity index (χ3n) is 4.67. The molecule has 0 aliphatic heterocycles. The standard InChI is InChI=1S/C25H23N3O3S/c1-29-21-10-6-9-20(14-21)22-17-32-25(27-22)28-26-15-19-11-12-23(24(13-19)30-2)31-16-18-7-4-3-5-8-18/h3-15,17H,16H2,1-2H3,(H,27,28)/b26-15-. The highest BCUT2D eigenvalue weighted by Gasteiger charge is 2.07. The van der Waals surface area contributed by atoms with Crippen molar-refractivity contribution in [1.29, 1.82) is 0 Å². The summed E-state index contributed by atoms with van der Waals surface area (Å²) in [5, 5.41) is 6.99. The minimum absolute atomic E-state index is 0.478. The van der Waals surface area contributed by atoms with Crippen LogP contribution in [0, 0.1) is 0 Å². The van der Waals surface area contributed by atoms with E-state index in [1.807, 2.05) is 78.2 Å². The maximum Gasteiger partial charge on any atom is 0.203 e. The van der Waals surface area contributed by atoms with Gasteiger partial charge in [-0.05, 0) is 41.5 Å². The van der Waals surface area contributed by atoms with Crippen molar-refractivity contribution in [2.24, 2.45) is 5.10 Å². The number of ether oxygens (including phenoxy) is 3. The van der Waals surface area contributed by atoms with Crippen LogP contribution >= 0.6 is 11.3 Å². The number of nitrogens with one attached hydrogen (secondary N) is 1. The third kappa shape index (κ3) is 5.44.